The summed E-state index contributed by atoms with van der Waals surface area (Å²) >= 11 is 0. The molecule has 1 atom stereocenters. The van der Waals surface area contributed by atoms with Gasteiger partial charge in [0.1, 0.15) is 5.69 Å². The number of aromatic nitrogens is 2. The Morgan fingerprint density at radius 3 is 2.18 bits per heavy atom. The number of alkyl halides is 2. The smallest absolute Gasteiger partial charge is 0.233 e. The lowest BCUT2D eigenvalue weighted by Crippen LogP contribution is -2.32. The first-order valence-corrected chi connectivity index (χ1v) is 8.48. The van der Waals surface area contributed by atoms with Crippen LogP contribution in [0.5, 0.6) is 0 Å². The zero-order valence-electron chi connectivity index (χ0n) is 14.0. The third kappa shape index (κ3) is 5.33. The number of hydrogen-bond acceptors (Lipinski definition) is 1. The van der Waals surface area contributed by atoms with Crippen LogP contribution in [0.2, 0.25) is 0 Å². The van der Waals surface area contributed by atoms with Crippen LogP contribution in [0.1, 0.15) is 90.7 Å². The molecule has 0 radical (unpaired) electrons. The van der Waals surface area contributed by atoms with Crippen molar-refractivity contribution in [2.75, 3.05) is 0 Å². The second-order valence-corrected chi connectivity index (χ2v) is 6.37. The standard InChI is InChI=1S/C17H29F3N2/c1-4-6-8-9-10-12-17(3,11-7-5-2)22-15(18)13-14(21-22)16(19)20/h13,16H,4-12H2,1-3H3. The molecule has 22 heavy (non-hydrogen) atoms. The number of rotatable bonds is 11. The van der Waals surface area contributed by atoms with Gasteiger partial charge in [0.25, 0.3) is 6.43 Å². The van der Waals surface area contributed by atoms with E-state index in [9.17, 15) is 13.2 Å². The van der Waals surface area contributed by atoms with Gasteiger partial charge in [-0.3, -0.25) is 0 Å². The van der Waals surface area contributed by atoms with Crippen molar-refractivity contribution in [3.8, 4) is 0 Å². The molecule has 0 bridgehead atoms. The molecule has 1 aromatic rings. The van der Waals surface area contributed by atoms with Crippen LogP contribution in [0.3, 0.4) is 0 Å². The van der Waals surface area contributed by atoms with Crippen LogP contribution in [0, 0.1) is 5.95 Å². The van der Waals surface area contributed by atoms with Crippen molar-refractivity contribution in [3.05, 3.63) is 17.7 Å². The van der Waals surface area contributed by atoms with E-state index in [0.717, 1.165) is 44.6 Å². The second kappa shape index (κ2) is 9.21. The zero-order valence-corrected chi connectivity index (χ0v) is 14.0. The van der Waals surface area contributed by atoms with Crippen molar-refractivity contribution in [2.45, 2.75) is 90.5 Å². The highest BCUT2D eigenvalue weighted by atomic mass is 19.3. The molecule has 1 rings (SSSR count). The van der Waals surface area contributed by atoms with E-state index in [1.165, 1.54) is 23.9 Å². The molecule has 0 amide bonds. The van der Waals surface area contributed by atoms with E-state index in [1.54, 1.807) is 0 Å². The lowest BCUT2D eigenvalue weighted by Gasteiger charge is -2.30. The molecule has 0 aliphatic carbocycles. The molecule has 2 nitrogen and oxygen atoms in total. The lowest BCUT2D eigenvalue weighted by atomic mass is 9.88. The average molecular weight is 318 g/mol. The Morgan fingerprint density at radius 2 is 1.64 bits per heavy atom. The zero-order chi connectivity index (χ0) is 16.6. The van der Waals surface area contributed by atoms with Crippen LogP contribution < -0.4 is 0 Å². The Labute approximate surface area is 132 Å². The van der Waals surface area contributed by atoms with Gasteiger partial charge in [-0.05, 0) is 19.8 Å². The molecule has 0 aliphatic heterocycles. The van der Waals surface area contributed by atoms with Crippen molar-refractivity contribution in [2.24, 2.45) is 0 Å². The minimum absolute atomic E-state index is 0.466. The largest absolute Gasteiger partial charge is 0.282 e. The van der Waals surface area contributed by atoms with Gasteiger partial charge in [-0.1, -0.05) is 58.8 Å². The first-order valence-electron chi connectivity index (χ1n) is 8.48. The van der Waals surface area contributed by atoms with Gasteiger partial charge in [0.05, 0.1) is 5.54 Å². The van der Waals surface area contributed by atoms with Crippen LogP contribution in [0.25, 0.3) is 0 Å². The monoisotopic (exact) mass is 318 g/mol. The Balaban J connectivity index is 2.81. The van der Waals surface area contributed by atoms with Gasteiger partial charge in [-0.2, -0.15) is 9.49 Å². The molecule has 0 aliphatic rings. The summed E-state index contributed by atoms with van der Waals surface area (Å²) in [6.45, 7) is 6.18. The maximum Gasteiger partial charge on any atom is 0.282 e. The van der Waals surface area contributed by atoms with Crippen molar-refractivity contribution < 1.29 is 13.2 Å². The minimum atomic E-state index is -2.73. The van der Waals surface area contributed by atoms with Crippen molar-refractivity contribution in [3.63, 3.8) is 0 Å². The lowest BCUT2D eigenvalue weighted by molar-refractivity contribution is 0.140. The number of hydrogen-bond donors (Lipinski definition) is 0. The Hall–Kier alpha value is -1.00. The summed E-state index contributed by atoms with van der Waals surface area (Å²) in [5, 5.41) is 3.84. The SMILES string of the molecule is CCCCCCCC(C)(CCCC)n1nc(C(F)F)cc1F. The molecule has 0 saturated heterocycles. The maximum atomic E-state index is 14.1. The van der Waals surface area contributed by atoms with Gasteiger partial charge in [-0.15, -0.1) is 0 Å². The van der Waals surface area contributed by atoms with Crippen molar-refractivity contribution >= 4 is 0 Å². The normalized spacial score (nSPS) is 14.5. The molecule has 0 spiro atoms. The summed E-state index contributed by atoms with van der Waals surface area (Å²) in [4.78, 5) is 0. The molecule has 0 fully saturated rings. The molecule has 0 aromatic carbocycles. The van der Waals surface area contributed by atoms with Crippen LogP contribution in [-0.2, 0) is 5.54 Å². The highest BCUT2D eigenvalue weighted by Gasteiger charge is 2.30. The van der Waals surface area contributed by atoms with Gasteiger partial charge < -0.3 is 0 Å². The van der Waals surface area contributed by atoms with Crippen molar-refractivity contribution in [1.29, 1.82) is 0 Å². The van der Waals surface area contributed by atoms with Crippen molar-refractivity contribution in [1.82, 2.24) is 9.78 Å². The molecule has 1 aromatic heterocycles. The Morgan fingerprint density at radius 1 is 1.05 bits per heavy atom. The summed E-state index contributed by atoms with van der Waals surface area (Å²) in [5.41, 5.74) is -0.981. The Bertz CT molecular complexity index is 432. The summed E-state index contributed by atoms with van der Waals surface area (Å²) in [6.07, 6.45) is 6.38. The predicted octanol–water partition coefficient (Wildman–Crippen LogP) is 6.23. The summed E-state index contributed by atoms with van der Waals surface area (Å²) in [6, 6.07) is 0.867. The van der Waals surface area contributed by atoms with E-state index >= 15 is 0 Å². The molecule has 1 heterocycles. The van der Waals surface area contributed by atoms with Gasteiger partial charge in [0, 0.05) is 6.07 Å². The van der Waals surface area contributed by atoms with Crippen LogP contribution in [0.15, 0.2) is 6.07 Å². The van der Waals surface area contributed by atoms with Crippen LogP contribution in [0.4, 0.5) is 13.2 Å². The van der Waals surface area contributed by atoms with E-state index in [4.69, 9.17) is 0 Å². The maximum absolute atomic E-state index is 14.1. The highest BCUT2D eigenvalue weighted by Crippen LogP contribution is 2.32. The third-order valence-electron chi connectivity index (χ3n) is 4.31. The van der Waals surface area contributed by atoms with Crippen LogP contribution >= 0.6 is 0 Å². The topological polar surface area (TPSA) is 17.8 Å². The molecule has 0 N–H and O–H groups in total. The molecule has 1 unspecified atom stereocenters. The number of nitrogens with zero attached hydrogens (tertiary/aromatic N) is 2. The molecular formula is C17H29F3N2. The summed E-state index contributed by atoms with van der Waals surface area (Å²) < 4.78 is 40.8. The Kier molecular flexibility index (Phi) is 7.97. The van der Waals surface area contributed by atoms with Crippen LogP contribution in [-0.4, -0.2) is 9.78 Å². The number of unbranched alkanes of at least 4 members (excludes halogenated alkanes) is 5. The molecule has 0 saturated carbocycles. The summed E-state index contributed by atoms with van der Waals surface area (Å²) in [7, 11) is 0. The molecule has 5 heteroatoms. The van der Waals surface area contributed by atoms with E-state index in [0.29, 0.717) is 0 Å². The highest BCUT2D eigenvalue weighted by molar-refractivity contribution is 5.05. The average Bonchev–Trinajstić information content (AvgIpc) is 2.88. The first-order chi connectivity index (χ1) is 10.4. The third-order valence-corrected chi connectivity index (χ3v) is 4.31. The van der Waals surface area contributed by atoms with E-state index in [-0.39, 0.29) is 0 Å². The fraction of sp³-hybridized carbons (Fsp3) is 0.824. The van der Waals surface area contributed by atoms with E-state index in [2.05, 4.69) is 18.9 Å². The van der Waals surface area contributed by atoms with Gasteiger partial charge in [0.2, 0.25) is 5.95 Å². The van der Waals surface area contributed by atoms with E-state index < -0.39 is 23.6 Å². The van der Waals surface area contributed by atoms with Gasteiger partial charge >= 0.3 is 0 Å². The first kappa shape index (κ1) is 19.0. The fourth-order valence-electron chi connectivity index (χ4n) is 2.86. The van der Waals surface area contributed by atoms with E-state index in [1.807, 2.05) is 6.92 Å². The van der Waals surface area contributed by atoms with Gasteiger partial charge in [-0.25, -0.2) is 13.5 Å². The molecule has 128 valence electrons. The predicted molar refractivity (Wildman–Crippen MR) is 83.7 cm³/mol. The number of halogens is 3. The molecular weight excluding hydrogens is 289 g/mol. The fourth-order valence-corrected chi connectivity index (χ4v) is 2.86. The summed E-state index contributed by atoms with van der Waals surface area (Å²) in [5.74, 6) is -0.650. The quantitative estimate of drug-likeness (QED) is 0.442. The second-order valence-electron chi connectivity index (χ2n) is 6.37. The minimum Gasteiger partial charge on any atom is -0.233 e. The van der Waals surface area contributed by atoms with Gasteiger partial charge in [0.15, 0.2) is 0 Å².